The molecule has 0 aromatic rings. The molecule has 1 fully saturated rings. The van der Waals surface area contributed by atoms with Crippen LogP contribution in [0.2, 0.25) is 0 Å². The zero-order chi connectivity index (χ0) is 11.9. The summed E-state index contributed by atoms with van der Waals surface area (Å²) in [6.45, 7) is 8.84. The Balaban J connectivity index is 1.81. The van der Waals surface area contributed by atoms with Gasteiger partial charge in [-0.05, 0) is 53.0 Å². The molecule has 2 heteroatoms. The minimum Gasteiger partial charge on any atom is -0.378 e. The first-order chi connectivity index (χ1) is 7.58. The molecule has 1 aliphatic rings. The van der Waals surface area contributed by atoms with E-state index in [0.29, 0.717) is 6.10 Å². The Kier molecular flexibility index (Phi) is 6.37. The zero-order valence-electron chi connectivity index (χ0n) is 11.3. The molecule has 1 aliphatic heterocycles. The van der Waals surface area contributed by atoms with Gasteiger partial charge in [-0.25, -0.2) is 0 Å². The summed E-state index contributed by atoms with van der Waals surface area (Å²) in [7, 11) is 0. The van der Waals surface area contributed by atoms with Crippen molar-refractivity contribution in [3.05, 3.63) is 0 Å². The van der Waals surface area contributed by atoms with Crippen molar-refractivity contribution in [3.63, 3.8) is 0 Å². The van der Waals surface area contributed by atoms with Gasteiger partial charge < -0.3 is 10.1 Å². The molecule has 1 N–H and O–H groups in total. The minimum atomic E-state index is 0.275. The lowest BCUT2D eigenvalue weighted by molar-refractivity contribution is 0.102. The monoisotopic (exact) mass is 227 g/mol. The van der Waals surface area contributed by atoms with Gasteiger partial charge in [0.15, 0.2) is 0 Å². The van der Waals surface area contributed by atoms with E-state index < -0.39 is 0 Å². The highest BCUT2D eigenvalue weighted by atomic mass is 16.5. The first kappa shape index (κ1) is 14.0. The van der Waals surface area contributed by atoms with E-state index in [4.69, 9.17) is 4.74 Å². The van der Waals surface area contributed by atoms with Crippen LogP contribution in [0.1, 0.15) is 65.7 Å². The Morgan fingerprint density at radius 1 is 1.12 bits per heavy atom. The molecular weight excluding hydrogens is 198 g/mol. The van der Waals surface area contributed by atoms with Crippen molar-refractivity contribution >= 4 is 0 Å². The first-order valence-corrected chi connectivity index (χ1v) is 6.94. The molecule has 0 bridgehead atoms. The largest absolute Gasteiger partial charge is 0.378 e. The van der Waals surface area contributed by atoms with Crippen LogP contribution < -0.4 is 5.32 Å². The van der Waals surface area contributed by atoms with Gasteiger partial charge >= 0.3 is 0 Å². The predicted molar refractivity (Wildman–Crippen MR) is 69.8 cm³/mol. The maximum absolute atomic E-state index is 5.61. The van der Waals surface area contributed by atoms with E-state index in [1.807, 2.05) is 0 Å². The van der Waals surface area contributed by atoms with Crippen LogP contribution in [0.5, 0.6) is 0 Å². The van der Waals surface area contributed by atoms with Crippen LogP contribution in [0.3, 0.4) is 0 Å². The van der Waals surface area contributed by atoms with Gasteiger partial charge in [0.25, 0.3) is 0 Å². The van der Waals surface area contributed by atoms with Gasteiger partial charge in [0.05, 0.1) is 6.10 Å². The lowest BCUT2D eigenvalue weighted by Crippen LogP contribution is -2.36. The van der Waals surface area contributed by atoms with Crippen molar-refractivity contribution in [1.82, 2.24) is 5.32 Å². The molecule has 96 valence electrons. The van der Waals surface area contributed by atoms with Crippen LogP contribution in [-0.2, 0) is 4.74 Å². The molecule has 1 unspecified atom stereocenters. The minimum absolute atomic E-state index is 0.275. The summed E-state index contributed by atoms with van der Waals surface area (Å²) in [5, 5.41) is 3.53. The van der Waals surface area contributed by atoms with Gasteiger partial charge in [0, 0.05) is 12.1 Å². The molecule has 1 rings (SSSR count). The smallest absolute Gasteiger partial charge is 0.0576 e. The number of nitrogens with one attached hydrogen (secondary N) is 1. The molecule has 1 heterocycles. The first-order valence-electron chi connectivity index (χ1n) is 6.94. The van der Waals surface area contributed by atoms with E-state index in [2.05, 4.69) is 26.1 Å². The summed E-state index contributed by atoms with van der Waals surface area (Å²) >= 11 is 0. The normalized spacial score (nSPS) is 21.6. The molecule has 0 aromatic heterocycles. The SMILES string of the molecule is CC(C)(C)NCCCCCCC1CCCO1. The standard InChI is InChI=1S/C14H29NO/c1-14(2,3)15-11-7-5-4-6-9-13-10-8-12-16-13/h13,15H,4-12H2,1-3H3. The number of hydrogen-bond acceptors (Lipinski definition) is 2. The van der Waals surface area contributed by atoms with Crippen LogP contribution in [0, 0.1) is 0 Å². The third-order valence-corrected chi connectivity index (χ3v) is 3.13. The highest BCUT2D eigenvalue weighted by Gasteiger charge is 2.14. The van der Waals surface area contributed by atoms with Crippen LogP contribution in [0.25, 0.3) is 0 Å². The fraction of sp³-hybridized carbons (Fsp3) is 1.00. The topological polar surface area (TPSA) is 21.3 Å². The summed E-state index contributed by atoms with van der Waals surface area (Å²) < 4.78 is 5.61. The molecule has 16 heavy (non-hydrogen) atoms. The predicted octanol–water partition coefficient (Wildman–Crippen LogP) is 3.50. The molecule has 0 spiro atoms. The third-order valence-electron chi connectivity index (χ3n) is 3.13. The molecular formula is C14H29NO. The van der Waals surface area contributed by atoms with Crippen LogP contribution in [0.4, 0.5) is 0 Å². The van der Waals surface area contributed by atoms with Gasteiger partial charge in [-0.3, -0.25) is 0 Å². The highest BCUT2D eigenvalue weighted by Crippen LogP contribution is 2.18. The average molecular weight is 227 g/mol. The van der Waals surface area contributed by atoms with E-state index in [9.17, 15) is 0 Å². The maximum Gasteiger partial charge on any atom is 0.0576 e. The summed E-state index contributed by atoms with van der Waals surface area (Å²) in [5.74, 6) is 0. The number of unbranched alkanes of at least 4 members (excludes halogenated alkanes) is 3. The molecule has 0 amide bonds. The zero-order valence-corrected chi connectivity index (χ0v) is 11.3. The Hall–Kier alpha value is -0.0800. The summed E-state index contributed by atoms with van der Waals surface area (Å²) in [6, 6.07) is 0. The molecule has 0 aromatic carbocycles. The second kappa shape index (κ2) is 7.29. The second-order valence-electron chi connectivity index (χ2n) is 6.01. The van der Waals surface area contributed by atoms with Crippen molar-refractivity contribution in [2.45, 2.75) is 77.4 Å². The van der Waals surface area contributed by atoms with Gasteiger partial charge in [0.1, 0.15) is 0 Å². The third kappa shape index (κ3) is 7.24. The Bertz CT molecular complexity index is 168. The van der Waals surface area contributed by atoms with Gasteiger partial charge in [-0.1, -0.05) is 19.3 Å². The Morgan fingerprint density at radius 3 is 2.50 bits per heavy atom. The van der Waals surface area contributed by atoms with E-state index in [0.717, 1.165) is 13.2 Å². The van der Waals surface area contributed by atoms with Crippen molar-refractivity contribution in [2.24, 2.45) is 0 Å². The van der Waals surface area contributed by atoms with Crippen molar-refractivity contribution in [2.75, 3.05) is 13.2 Å². The lowest BCUT2D eigenvalue weighted by atomic mass is 10.1. The summed E-state index contributed by atoms with van der Waals surface area (Å²) in [5.41, 5.74) is 0.275. The van der Waals surface area contributed by atoms with E-state index in [1.165, 1.54) is 44.9 Å². The summed E-state index contributed by atoms with van der Waals surface area (Å²) in [4.78, 5) is 0. The number of ether oxygens (including phenoxy) is 1. The molecule has 1 atom stereocenters. The molecule has 2 nitrogen and oxygen atoms in total. The fourth-order valence-electron chi connectivity index (χ4n) is 2.19. The van der Waals surface area contributed by atoms with E-state index >= 15 is 0 Å². The van der Waals surface area contributed by atoms with Crippen LogP contribution in [0.15, 0.2) is 0 Å². The average Bonchev–Trinajstić information content (AvgIpc) is 2.67. The van der Waals surface area contributed by atoms with Gasteiger partial charge in [-0.15, -0.1) is 0 Å². The molecule has 1 saturated heterocycles. The Morgan fingerprint density at radius 2 is 1.88 bits per heavy atom. The molecule has 0 radical (unpaired) electrons. The fourth-order valence-corrected chi connectivity index (χ4v) is 2.19. The Labute approximate surface area is 101 Å². The van der Waals surface area contributed by atoms with Crippen molar-refractivity contribution in [1.29, 1.82) is 0 Å². The lowest BCUT2D eigenvalue weighted by Gasteiger charge is -2.20. The van der Waals surface area contributed by atoms with E-state index in [-0.39, 0.29) is 5.54 Å². The van der Waals surface area contributed by atoms with E-state index in [1.54, 1.807) is 0 Å². The van der Waals surface area contributed by atoms with Crippen LogP contribution >= 0.6 is 0 Å². The maximum atomic E-state index is 5.61. The summed E-state index contributed by atoms with van der Waals surface area (Å²) in [6.07, 6.45) is 9.83. The number of rotatable bonds is 7. The second-order valence-corrected chi connectivity index (χ2v) is 6.01. The van der Waals surface area contributed by atoms with Crippen LogP contribution in [-0.4, -0.2) is 24.8 Å². The van der Waals surface area contributed by atoms with Gasteiger partial charge in [-0.2, -0.15) is 0 Å². The number of hydrogen-bond donors (Lipinski definition) is 1. The highest BCUT2D eigenvalue weighted by molar-refractivity contribution is 4.69. The quantitative estimate of drug-likeness (QED) is 0.672. The van der Waals surface area contributed by atoms with Crippen molar-refractivity contribution < 1.29 is 4.74 Å². The molecule has 0 saturated carbocycles. The molecule has 0 aliphatic carbocycles. The van der Waals surface area contributed by atoms with Gasteiger partial charge in [0.2, 0.25) is 0 Å². The van der Waals surface area contributed by atoms with Crippen molar-refractivity contribution in [3.8, 4) is 0 Å².